The van der Waals surface area contributed by atoms with Gasteiger partial charge in [0.2, 0.25) is 5.91 Å². The van der Waals surface area contributed by atoms with Crippen LogP contribution in [0.3, 0.4) is 0 Å². The smallest absolute Gasteiger partial charge is 0.288 e. The first-order chi connectivity index (χ1) is 6.02. The van der Waals surface area contributed by atoms with Gasteiger partial charge in [0, 0.05) is 12.6 Å². The second-order valence-corrected chi connectivity index (χ2v) is 4.39. The molecule has 4 nitrogen and oxygen atoms in total. The van der Waals surface area contributed by atoms with Gasteiger partial charge in [-0.2, -0.15) is 0 Å². The maximum Gasteiger partial charge on any atom is 0.288 e. The summed E-state index contributed by atoms with van der Waals surface area (Å²) < 4.78 is 0. The van der Waals surface area contributed by atoms with E-state index in [0.29, 0.717) is 6.54 Å². The van der Waals surface area contributed by atoms with Crippen molar-refractivity contribution >= 4 is 22.9 Å². The summed E-state index contributed by atoms with van der Waals surface area (Å²) in [6.45, 7) is 4.30. The van der Waals surface area contributed by atoms with E-state index in [1.165, 1.54) is 4.90 Å². The molecule has 74 valence electrons. The molecule has 1 heterocycles. The van der Waals surface area contributed by atoms with E-state index in [9.17, 15) is 9.59 Å². The van der Waals surface area contributed by atoms with E-state index < -0.39 is 0 Å². The number of nitrogens with two attached hydrogens (primary N) is 1. The van der Waals surface area contributed by atoms with E-state index in [0.717, 1.165) is 11.8 Å². The standard InChI is InChI=1S/C8H14N2O2S/c1-5(2)6(9)3-10-7(11)4-13-8(10)12/h5-6H,3-4,9H2,1-2H3. The molecule has 2 amide bonds. The average Bonchev–Trinajstić information content (AvgIpc) is 2.35. The molecular formula is C8H14N2O2S. The van der Waals surface area contributed by atoms with Crippen LogP contribution in [-0.4, -0.2) is 34.4 Å². The Morgan fingerprint density at radius 3 is 2.54 bits per heavy atom. The Morgan fingerprint density at radius 2 is 2.15 bits per heavy atom. The lowest BCUT2D eigenvalue weighted by atomic mass is 10.1. The van der Waals surface area contributed by atoms with Crippen LogP contribution in [0, 0.1) is 5.92 Å². The van der Waals surface area contributed by atoms with Gasteiger partial charge in [-0.15, -0.1) is 0 Å². The zero-order valence-corrected chi connectivity index (χ0v) is 8.63. The number of nitrogens with zero attached hydrogens (tertiary/aromatic N) is 1. The van der Waals surface area contributed by atoms with E-state index in [1.807, 2.05) is 13.8 Å². The average molecular weight is 202 g/mol. The summed E-state index contributed by atoms with van der Waals surface area (Å²) in [4.78, 5) is 23.6. The predicted molar refractivity (Wildman–Crippen MR) is 52.4 cm³/mol. The summed E-state index contributed by atoms with van der Waals surface area (Å²) in [6, 6.07) is -0.119. The number of carbonyl (C=O) groups excluding carboxylic acids is 2. The maximum atomic E-state index is 11.2. The van der Waals surface area contributed by atoms with Crippen LogP contribution >= 0.6 is 11.8 Å². The molecule has 0 bridgehead atoms. The Balaban J connectivity index is 2.52. The van der Waals surface area contributed by atoms with Crippen molar-refractivity contribution in [1.82, 2.24) is 4.90 Å². The summed E-state index contributed by atoms with van der Waals surface area (Å²) in [5.74, 6) is 0.432. The van der Waals surface area contributed by atoms with E-state index >= 15 is 0 Å². The van der Waals surface area contributed by atoms with Crippen molar-refractivity contribution in [3.63, 3.8) is 0 Å². The van der Waals surface area contributed by atoms with Gasteiger partial charge in [0.25, 0.3) is 5.24 Å². The Hall–Kier alpha value is -0.550. The van der Waals surface area contributed by atoms with Gasteiger partial charge in [-0.05, 0) is 5.92 Å². The zero-order valence-electron chi connectivity index (χ0n) is 7.82. The van der Waals surface area contributed by atoms with Crippen molar-refractivity contribution in [2.45, 2.75) is 19.9 Å². The molecule has 1 atom stereocenters. The highest BCUT2D eigenvalue weighted by Crippen LogP contribution is 2.19. The quantitative estimate of drug-likeness (QED) is 0.730. The number of hydrogen-bond acceptors (Lipinski definition) is 4. The fraction of sp³-hybridized carbons (Fsp3) is 0.750. The van der Waals surface area contributed by atoms with Gasteiger partial charge in [0.1, 0.15) is 0 Å². The maximum absolute atomic E-state index is 11.2. The van der Waals surface area contributed by atoms with Gasteiger partial charge in [-0.25, -0.2) is 0 Å². The Bertz CT molecular complexity index is 214. The lowest BCUT2D eigenvalue weighted by Gasteiger charge is -2.20. The number of rotatable bonds is 3. The molecule has 1 fully saturated rings. The minimum atomic E-state index is -0.166. The summed E-state index contributed by atoms with van der Waals surface area (Å²) in [6.07, 6.45) is 0. The lowest BCUT2D eigenvalue weighted by molar-refractivity contribution is -0.124. The van der Waals surface area contributed by atoms with Gasteiger partial charge in [-0.1, -0.05) is 25.6 Å². The van der Waals surface area contributed by atoms with Crippen LogP contribution in [0.5, 0.6) is 0 Å². The van der Waals surface area contributed by atoms with Crippen molar-refractivity contribution in [3.05, 3.63) is 0 Å². The van der Waals surface area contributed by atoms with E-state index in [1.54, 1.807) is 0 Å². The van der Waals surface area contributed by atoms with Gasteiger partial charge < -0.3 is 5.73 Å². The number of thioether (sulfide) groups is 1. The summed E-state index contributed by atoms with van der Waals surface area (Å²) in [5, 5.41) is -0.166. The summed E-state index contributed by atoms with van der Waals surface area (Å²) in [5.41, 5.74) is 5.77. The van der Waals surface area contributed by atoms with Crippen LogP contribution < -0.4 is 5.73 Å². The third kappa shape index (κ3) is 2.45. The van der Waals surface area contributed by atoms with E-state index in [4.69, 9.17) is 5.73 Å². The fourth-order valence-electron chi connectivity index (χ4n) is 0.979. The SMILES string of the molecule is CC(C)C(N)CN1C(=O)CSC1=O. The number of hydrogen-bond donors (Lipinski definition) is 1. The molecule has 0 radical (unpaired) electrons. The largest absolute Gasteiger partial charge is 0.326 e. The monoisotopic (exact) mass is 202 g/mol. The highest BCUT2D eigenvalue weighted by Gasteiger charge is 2.31. The Kier molecular flexibility index (Phi) is 3.33. The van der Waals surface area contributed by atoms with Crippen molar-refractivity contribution < 1.29 is 9.59 Å². The van der Waals surface area contributed by atoms with Crippen LogP contribution in [-0.2, 0) is 4.79 Å². The number of imide groups is 1. The normalized spacial score (nSPS) is 20.2. The molecule has 1 aliphatic rings. The van der Waals surface area contributed by atoms with Crippen molar-refractivity contribution in [1.29, 1.82) is 0 Å². The highest BCUT2D eigenvalue weighted by molar-refractivity contribution is 8.14. The third-order valence-electron chi connectivity index (χ3n) is 2.09. The van der Waals surface area contributed by atoms with Gasteiger partial charge in [0.05, 0.1) is 5.75 Å². The molecular weight excluding hydrogens is 188 g/mol. The molecule has 13 heavy (non-hydrogen) atoms. The Morgan fingerprint density at radius 1 is 1.54 bits per heavy atom. The van der Waals surface area contributed by atoms with Crippen molar-refractivity contribution in [2.75, 3.05) is 12.3 Å². The highest BCUT2D eigenvalue weighted by atomic mass is 32.2. The van der Waals surface area contributed by atoms with Crippen LogP contribution in [0.4, 0.5) is 4.79 Å². The van der Waals surface area contributed by atoms with Crippen molar-refractivity contribution in [2.24, 2.45) is 11.7 Å². The minimum absolute atomic E-state index is 0.119. The third-order valence-corrected chi connectivity index (χ3v) is 2.95. The zero-order chi connectivity index (χ0) is 10.0. The molecule has 0 saturated carbocycles. The van der Waals surface area contributed by atoms with Crippen LogP contribution in [0.25, 0.3) is 0 Å². The van der Waals surface area contributed by atoms with Crippen LogP contribution in [0.2, 0.25) is 0 Å². The molecule has 1 aliphatic heterocycles. The molecule has 2 N–H and O–H groups in total. The second kappa shape index (κ2) is 4.11. The topological polar surface area (TPSA) is 63.4 Å². The molecule has 5 heteroatoms. The molecule has 0 aliphatic carbocycles. The first-order valence-electron chi connectivity index (χ1n) is 4.25. The van der Waals surface area contributed by atoms with Crippen LogP contribution in [0.15, 0.2) is 0 Å². The molecule has 0 aromatic heterocycles. The molecule has 1 saturated heterocycles. The molecule has 0 spiro atoms. The molecule has 1 rings (SSSR count). The predicted octanol–water partition coefficient (Wildman–Crippen LogP) is 0.665. The molecule has 0 aromatic rings. The summed E-state index contributed by atoms with van der Waals surface area (Å²) >= 11 is 1.05. The Labute approximate surface area is 81.8 Å². The molecule has 0 aromatic carbocycles. The summed E-state index contributed by atoms with van der Waals surface area (Å²) in [7, 11) is 0. The van der Waals surface area contributed by atoms with E-state index in [-0.39, 0.29) is 28.9 Å². The fourth-order valence-corrected chi connectivity index (χ4v) is 1.71. The van der Waals surface area contributed by atoms with Gasteiger partial charge in [0.15, 0.2) is 0 Å². The first-order valence-corrected chi connectivity index (χ1v) is 5.23. The van der Waals surface area contributed by atoms with Crippen LogP contribution in [0.1, 0.15) is 13.8 Å². The lowest BCUT2D eigenvalue weighted by Crippen LogP contribution is -2.42. The molecule has 1 unspecified atom stereocenters. The number of carbonyl (C=O) groups is 2. The van der Waals surface area contributed by atoms with E-state index in [2.05, 4.69) is 0 Å². The number of amides is 2. The van der Waals surface area contributed by atoms with Gasteiger partial charge in [-0.3, -0.25) is 14.5 Å². The minimum Gasteiger partial charge on any atom is -0.326 e. The first kappa shape index (κ1) is 10.5. The van der Waals surface area contributed by atoms with Crippen molar-refractivity contribution in [3.8, 4) is 0 Å². The van der Waals surface area contributed by atoms with Gasteiger partial charge >= 0.3 is 0 Å². The second-order valence-electron chi connectivity index (χ2n) is 3.47.